The minimum absolute atomic E-state index is 0.00422. The van der Waals surface area contributed by atoms with Gasteiger partial charge in [-0.25, -0.2) is 9.59 Å². The third-order valence-corrected chi connectivity index (χ3v) is 11.4. The molecule has 0 saturated heterocycles. The third-order valence-electron chi connectivity index (χ3n) is 10.6. The van der Waals surface area contributed by atoms with Crippen LogP contribution in [-0.2, 0) is 4.79 Å². The lowest BCUT2D eigenvalue weighted by Gasteiger charge is -2.56. The molecule has 1 atom stereocenters. The molecular formula is C38H37N3O7S. The van der Waals surface area contributed by atoms with Crippen molar-refractivity contribution < 1.29 is 34.2 Å². The lowest BCUT2D eigenvalue weighted by atomic mass is 9.49. The van der Waals surface area contributed by atoms with Crippen molar-refractivity contribution >= 4 is 56.8 Å². The molecule has 1 unspecified atom stereocenters. The zero-order chi connectivity index (χ0) is 34.3. The molecule has 10 nitrogen and oxygen atoms in total. The number of anilines is 1. The van der Waals surface area contributed by atoms with Crippen LogP contribution in [0.15, 0.2) is 72.1 Å². The van der Waals surface area contributed by atoms with E-state index in [4.69, 9.17) is 0 Å². The zero-order valence-corrected chi connectivity index (χ0v) is 27.6. The van der Waals surface area contributed by atoms with Crippen molar-refractivity contribution in [2.24, 2.45) is 23.2 Å². The fraction of sp³-hybridized carbons (Fsp3) is 0.342. The first-order chi connectivity index (χ1) is 23.6. The number of aromatic carboxylic acids is 2. The second-order valence-electron chi connectivity index (χ2n) is 14.0. The Morgan fingerprint density at radius 3 is 1.96 bits per heavy atom. The highest BCUT2D eigenvalue weighted by atomic mass is 32.1. The van der Waals surface area contributed by atoms with Gasteiger partial charge in [-0.15, -0.1) is 11.3 Å². The molecule has 1 aromatic heterocycles. The molecule has 4 aliphatic carbocycles. The molecule has 252 valence electrons. The lowest BCUT2D eigenvalue weighted by molar-refractivity contribution is -0.117. The first kappa shape index (κ1) is 32.5. The summed E-state index contributed by atoms with van der Waals surface area (Å²) >= 11 is 1.49. The number of carboxylic acids is 2. The molecule has 4 saturated carbocycles. The lowest BCUT2D eigenvalue weighted by Crippen LogP contribution is -2.51. The highest BCUT2D eigenvalue weighted by molar-refractivity contribution is 7.17. The summed E-state index contributed by atoms with van der Waals surface area (Å²) in [7, 11) is 0. The third kappa shape index (κ3) is 6.80. The van der Waals surface area contributed by atoms with Gasteiger partial charge in [-0.3, -0.25) is 14.4 Å². The van der Waals surface area contributed by atoms with Gasteiger partial charge in [-0.1, -0.05) is 30.3 Å². The molecule has 4 aliphatic rings. The Kier molecular flexibility index (Phi) is 8.70. The van der Waals surface area contributed by atoms with Crippen LogP contribution in [0, 0.1) is 23.2 Å². The molecule has 0 spiro atoms. The number of carbonyl (C=O) groups is 5. The van der Waals surface area contributed by atoms with Crippen LogP contribution in [0.4, 0.5) is 5.69 Å². The van der Waals surface area contributed by atoms with Crippen molar-refractivity contribution in [2.75, 3.05) is 18.4 Å². The first-order valence-electron chi connectivity index (χ1n) is 16.6. The van der Waals surface area contributed by atoms with E-state index in [1.54, 1.807) is 42.5 Å². The number of hydrogen-bond acceptors (Lipinski definition) is 6. The van der Waals surface area contributed by atoms with Gasteiger partial charge in [0.15, 0.2) is 0 Å². The topological polar surface area (TPSA) is 162 Å². The number of hydrogen-bond donors (Lipinski definition) is 5. The minimum Gasteiger partial charge on any atom is -0.478 e. The van der Waals surface area contributed by atoms with Crippen LogP contribution in [0.1, 0.15) is 91.4 Å². The van der Waals surface area contributed by atoms with E-state index in [2.05, 4.69) is 16.0 Å². The number of amides is 3. The van der Waals surface area contributed by atoms with E-state index in [0.717, 1.165) is 53.2 Å². The zero-order valence-electron chi connectivity index (χ0n) is 26.7. The number of fused-ring (bicyclic) bond motifs is 1. The molecule has 4 aromatic rings. The normalized spacial score (nSPS) is 22.7. The highest BCUT2D eigenvalue weighted by Crippen LogP contribution is 2.59. The van der Waals surface area contributed by atoms with E-state index < -0.39 is 29.7 Å². The summed E-state index contributed by atoms with van der Waals surface area (Å²) in [5.41, 5.74) is 0.609. The van der Waals surface area contributed by atoms with Crippen LogP contribution >= 0.6 is 11.3 Å². The first-order valence-corrected chi connectivity index (χ1v) is 17.5. The van der Waals surface area contributed by atoms with Crippen LogP contribution in [0.5, 0.6) is 0 Å². The maximum absolute atomic E-state index is 13.9. The molecule has 3 amide bonds. The predicted molar refractivity (Wildman–Crippen MR) is 185 cm³/mol. The molecule has 5 N–H and O–H groups in total. The quantitative estimate of drug-likeness (QED) is 0.123. The maximum atomic E-state index is 13.9. The molecular weight excluding hydrogens is 642 g/mol. The number of carboxylic acid groups (broad SMARTS) is 2. The van der Waals surface area contributed by atoms with Gasteiger partial charge in [0.25, 0.3) is 11.8 Å². The number of carbonyl (C=O) groups excluding carboxylic acids is 3. The van der Waals surface area contributed by atoms with Gasteiger partial charge >= 0.3 is 11.9 Å². The maximum Gasteiger partial charge on any atom is 0.335 e. The summed E-state index contributed by atoms with van der Waals surface area (Å²) in [6, 6.07) is 17.5. The molecule has 11 heteroatoms. The number of thiophene rings is 1. The van der Waals surface area contributed by atoms with Crippen molar-refractivity contribution in [2.45, 2.75) is 44.4 Å². The molecule has 8 rings (SSSR count). The molecule has 49 heavy (non-hydrogen) atoms. The fourth-order valence-electron chi connectivity index (χ4n) is 8.77. The summed E-state index contributed by atoms with van der Waals surface area (Å²) in [5, 5.41) is 30.4. The van der Waals surface area contributed by atoms with Crippen LogP contribution in [0.25, 0.3) is 10.1 Å². The van der Waals surface area contributed by atoms with Crippen molar-refractivity contribution in [3.8, 4) is 0 Å². The van der Waals surface area contributed by atoms with E-state index in [1.165, 1.54) is 42.7 Å². The number of nitrogens with one attached hydrogen (secondary N) is 3. The summed E-state index contributed by atoms with van der Waals surface area (Å²) in [4.78, 5) is 64.6. The van der Waals surface area contributed by atoms with Gasteiger partial charge in [-0.2, -0.15) is 0 Å². The Morgan fingerprint density at radius 1 is 0.755 bits per heavy atom. The summed E-state index contributed by atoms with van der Waals surface area (Å²) in [5.74, 6) is -2.73. The molecule has 1 heterocycles. The largest absolute Gasteiger partial charge is 0.478 e. The molecule has 0 aliphatic heterocycles. The molecule has 0 radical (unpaired) electrons. The average molecular weight is 680 g/mol. The van der Waals surface area contributed by atoms with Crippen LogP contribution in [0.2, 0.25) is 0 Å². The van der Waals surface area contributed by atoms with Crippen LogP contribution < -0.4 is 16.0 Å². The van der Waals surface area contributed by atoms with E-state index in [0.29, 0.717) is 12.1 Å². The van der Waals surface area contributed by atoms with E-state index in [1.807, 2.05) is 11.4 Å². The Bertz CT molecular complexity index is 1900. The van der Waals surface area contributed by atoms with Gasteiger partial charge in [0.05, 0.1) is 28.2 Å². The van der Waals surface area contributed by atoms with Crippen molar-refractivity contribution in [3.05, 3.63) is 99.9 Å². The minimum atomic E-state index is -1.34. The highest BCUT2D eigenvalue weighted by Gasteiger charge is 2.50. The summed E-state index contributed by atoms with van der Waals surface area (Å²) < 4.78 is 0.891. The van der Waals surface area contributed by atoms with Gasteiger partial charge in [0, 0.05) is 23.5 Å². The standard InChI is InChI=1S/C38H37N3O7S/c42-33(39-19-31(24-4-2-1-3-5-24)35(44)41-28-12-26(36(45)46)11-27(13-28)37(47)48)29-14-25-6-7-49-32(25)15-30(29)34(43)40-20-38-16-21-8-22(17-38)10-23(9-21)18-38/h1-7,11-15,21-23,31H,8-10,16-20H2,(H,39,42)(H,40,43)(H,41,44)(H,45,46)(H,47,48). The monoisotopic (exact) mass is 679 g/mol. The number of benzene rings is 3. The van der Waals surface area contributed by atoms with Gasteiger partial charge < -0.3 is 26.2 Å². The van der Waals surface area contributed by atoms with E-state index in [-0.39, 0.29) is 45.8 Å². The smallest absolute Gasteiger partial charge is 0.335 e. The fourth-order valence-corrected chi connectivity index (χ4v) is 9.58. The summed E-state index contributed by atoms with van der Waals surface area (Å²) in [6.45, 7) is 0.455. The van der Waals surface area contributed by atoms with Gasteiger partial charge in [-0.05, 0) is 114 Å². The number of rotatable bonds is 11. The molecule has 4 fully saturated rings. The summed E-state index contributed by atoms with van der Waals surface area (Å²) in [6.07, 6.45) is 7.39. The Balaban J connectivity index is 1.11. The molecule has 4 bridgehead atoms. The Labute approximate surface area is 286 Å². The van der Waals surface area contributed by atoms with Crippen molar-refractivity contribution in [3.63, 3.8) is 0 Å². The van der Waals surface area contributed by atoms with Crippen molar-refractivity contribution in [1.82, 2.24) is 10.6 Å². The van der Waals surface area contributed by atoms with Gasteiger partial charge in [0.2, 0.25) is 5.91 Å². The average Bonchev–Trinajstić information content (AvgIpc) is 3.54. The second-order valence-corrected chi connectivity index (χ2v) is 15.0. The van der Waals surface area contributed by atoms with Gasteiger partial charge in [0.1, 0.15) is 0 Å². The second kappa shape index (κ2) is 13.1. The van der Waals surface area contributed by atoms with Crippen LogP contribution in [0.3, 0.4) is 0 Å². The molecule has 3 aromatic carbocycles. The van der Waals surface area contributed by atoms with Crippen LogP contribution in [-0.4, -0.2) is 53.0 Å². The van der Waals surface area contributed by atoms with E-state index in [9.17, 15) is 34.2 Å². The Hall–Kier alpha value is -5.03. The van der Waals surface area contributed by atoms with Crippen molar-refractivity contribution in [1.29, 1.82) is 0 Å². The SMILES string of the molecule is O=C(O)c1cc(NC(=O)C(CNC(=O)c2cc3ccsc3cc2C(=O)NCC23CC4CC(CC(C4)C2)C3)c2ccccc2)cc(C(=O)O)c1. The predicted octanol–water partition coefficient (Wildman–Crippen LogP) is 6.40. The Morgan fingerprint density at radius 2 is 1.35 bits per heavy atom. The van der Waals surface area contributed by atoms with E-state index >= 15 is 0 Å².